The van der Waals surface area contributed by atoms with Crippen molar-refractivity contribution in [1.29, 1.82) is 0 Å². The van der Waals surface area contributed by atoms with E-state index in [1.165, 1.54) is 17.5 Å². The molecule has 4 rings (SSSR count). The number of fused-ring (bicyclic) bond motifs is 1. The number of halogens is 1. The van der Waals surface area contributed by atoms with Gasteiger partial charge in [0.15, 0.2) is 11.5 Å². The first-order valence-corrected chi connectivity index (χ1v) is 14.3. The van der Waals surface area contributed by atoms with Gasteiger partial charge in [-0.15, -0.1) is 0 Å². The van der Waals surface area contributed by atoms with Crippen molar-refractivity contribution in [2.75, 3.05) is 19.8 Å². The Balaban J connectivity index is 1.36. The van der Waals surface area contributed by atoms with Crippen LogP contribution in [0.3, 0.4) is 0 Å². The molecule has 0 radical (unpaired) electrons. The smallest absolute Gasteiger partial charge is 0.225 e. The highest BCUT2D eigenvalue weighted by molar-refractivity contribution is 6.32. The van der Waals surface area contributed by atoms with Crippen LogP contribution in [0.15, 0.2) is 36.4 Å². The summed E-state index contributed by atoms with van der Waals surface area (Å²) >= 11 is 6.54. The molecule has 1 amide bonds. The Morgan fingerprint density at radius 2 is 1.78 bits per heavy atom. The summed E-state index contributed by atoms with van der Waals surface area (Å²) in [5, 5.41) is 0.562. The molecule has 2 aromatic carbocycles. The van der Waals surface area contributed by atoms with E-state index in [4.69, 9.17) is 21.1 Å². The van der Waals surface area contributed by atoms with Gasteiger partial charge in [0.05, 0.1) is 18.2 Å². The summed E-state index contributed by atoms with van der Waals surface area (Å²) in [6.45, 7) is 9.11. The van der Waals surface area contributed by atoms with E-state index < -0.39 is 0 Å². The lowest BCUT2D eigenvalue weighted by Crippen LogP contribution is -2.39. The van der Waals surface area contributed by atoms with Crippen LogP contribution in [0.5, 0.6) is 11.5 Å². The van der Waals surface area contributed by atoms with Crippen LogP contribution in [0.2, 0.25) is 5.02 Å². The Bertz CT molecular complexity index is 1010. The predicted octanol–water partition coefficient (Wildman–Crippen LogP) is 7.49. The van der Waals surface area contributed by atoms with E-state index in [2.05, 4.69) is 45.0 Å². The summed E-state index contributed by atoms with van der Waals surface area (Å²) in [4.78, 5) is 15.7. The van der Waals surface area contributed by atoms with Gasteiger partial charge >= 0.3 is 0 Å². The second-order valence-corrected chi connectivity index (χ2v) is 11.4. The molecular formula is C31H42ClNO3. The lowest BCUT2D eigenvalue weighted by Gasteiger charge is -2.33. The van der Waals surface area contributed by atoms with E-state index in [0.29, 0.717) is 48.1 Å². The number of aryl methyl sites for hydroxylation is 2. The topological polar surface area (TPSA) is 38.8 Å². The molecule has 5 heteroatoms. The van der Waals surface area contributed by atoms with Gasteiger partial charge in [0.2, 0.25) is 5.91 Å². The first-order chi connectivity index (χ1) is 17.4. The maximum atomic E-state index is 13.7. The molecule has 1 aliphatic heterocycles. The summed E-state index contributed by atoms with van der Waals surface area (Å²) in [6, 6.07) is 12.8. The highest BCUT2D eigenvalue weighted by atomic mass is 35.5. The summed E-state index contributed by atoms with van der Waals surface area (Å²) in [5.41, 5.74) is 3.97. The molecule has 0 unspecified atom stereocenters. The SMILES string of the molecule is CCc1ccccc1CCC1CCC(C(=O)N(Cc2cc(Cl)c3c(c2)OCCCO3)CC(C)C)CC1. The quantitative estimate of drug-likeness (QED) is 0.350. The van der Waals surface area contributed by atoms with Crippen molar-refractivity contribution < 1.29 is 14.3 Å². The van der Waals surface area contributed by atoms with E-state index in [9.17, 15) is 4.79 Å². The van der Waals surface area contributed by atoms with Gasteiger partial charge in [-0.25, -0.2) is 0 Å². The number of benzene rings is 2. The summed E-state index contributed by atoms with van der Waals surface area (Å²) in [5.74, 6) is 2.86. The Morgan fingerprint density at radius 1 is 1.06 bits per heavy atom. The number of ether oxygens (including phenoxy) is 2. The first kappa shape index (κ1) is 26.9. The molecule has 0 atom stereocenters. The molecule has 1 fully saturated rings. The largest absolute Gasteiger partial charge is 0.489 e. The zero-order chi connectivity index (χ0) is 25.5. The van der Waals surface area contributed by atoms with Crippen LogP contribution < -0.4 is 9.47 Å². The third kappa shape index (κ3) is 6.97. The van der Waals surface area contributed by atoms with E-state index in [0.717, 1.165) is 63.0 Å². The van der Waals surface area contributed by atoms with E-state index in [-0.39, 0.29) is 5.92 Å². The molecule has 0 saturated heterocycles. The fourth-order valence-electron chi connectivity index (χ4n) is 5.73. The van der Waals surface area contributed by atoms with Crippen LogP contribution in [-0.2, 0) is 24.2 Å². The minimum atomic E-state index is 0.124. The molecule has 1 saturated carbocycles. The van der Waals surface area contributed by atoms with Crippen molar-refractivity contribution in [2.45, 2.75) is 78.7 Å². The lowest BCUT2D eigenvalue weighted by atomic mass is 9.78. The monoisotopic (exact) mass is 511 g/mol. The van der Waals surface area contributed by atoms with Crippen LogP contribution in [0.25, 0.3) is 0 Å². The molecule has 0 spiro atoms. The zero-order valence-electron chi connectivity index (χ0n) is 22.2. The summed E-state index contributed by atoms with van der Waals surface area (Å²) in [7, 11) is 0. The van der Waals surface area contributed by atoms with Crippen molar-refractivity contribution in [3.05, 3.63) is 58.1 Å². The maximum absolute atomic E-state index is 13.7. The van der Waals surface area contributed by atoms with Crippen molar-refractivity contribution in [3.63, 3.8) is 0 Å². The molecule has 1 heterocycles. The molecular weight excluding hydrogens is 470 g/mol. The molecule has 0 N–H and O–H groups in total. The Labute approximate surface area is 222 Å². The fraction of sp³-hybridized carbons (Fsp3) is 0.581. The lowest BCUT2D eigenvalue weighted by molar-refractivity contribution is -0.138. The minimum absolute atomic E-state index is 0.124. The highest BCUT2D eigenvalue weighted by Gasteiger charge is 2.30. The number of hydrogen-bond donors (Lipinski definition) is 0. The van der Waals surface area contributed by atoms with Crippen molar-refractivity contribution in [2.24, 2.45) is 17.8 Å². The molecule has 1 aliphatic carbocycles. The van der Waals surface area contributed by atoms with E-state index in [1.54, 1.807) is 0 Å². The molecule has 0 aromatic heterocycles. The molecule has 196 valence electrons. The maximum Gasteiger partial charge on any atom is 0.225 e. The Kier molecular flexibility index (Phi) is 9.59. The highest BCUT2D eigenvalue weighted by Crippen LogP contribution is 2.39. The normalized spacial score (nSPS) is 19.7. The van der Waals surface area contributed by atoms with Gasteiger partial charge in [0.25, 0.3) is 0 Å². The zero-order valence-corrected chi connectivity index (χ0v) is 23.0. The van der Waals surface area contributed by atoms with Crippen LogP contribution >= 0.6 is 11.6 Å². The number of amides is 1. The Hall–Kier alpha value is -2.20. The average molecular weight is 512 g/mol. The van der Waals surface area contributed by atoms with Crippen LogP contribution in [0.4, 0.5) is 0 Å². The van der Waals surface area contributed by atoms with Gasteiger partial charge < -0.3 is 14.4 Å². The number of rotatable bonds is 9. The van der Waals surface area contributed by atoms with Gasteiger partial charge in [-0.1, -0.05) is 56.6 Å². The van der Waals surface area contributed by atoms with Crippen molar-refractivity contribution in [3.8, 4) is 11.5 Å². The van der Waals surface area contributed by atoms with E-state index in [1.807, 2.05) is 17.0 Å². The Morgan fingerprint density at radius 3 is 2.50 bits per heavy atom. The van der Waals surface area contributed by atoms with Crippen molar-refractivity contribution >= 4 is 17.5 Å². The van der Waals surface area contributed by atoms with E-state index >= 15 is 0 Å². The van der Waals surface area contributed by atoms with Gasteiger partial charge in [0.1, 0.15) is 0 Å². The standard InChI is InChI=1S/C31H42ClNO3/c1-4-25-8-5-6-9-26(25)13-10-23-11-14-27(15-12-23)31(34)33(20-22(2)3)21-24-18-28(32)30-29(19-24)35-16-7-17-36-30/h5-6,8-9,18-19,22-23,27H,4,7,10-17,20-21H2,1-3H3. The van der Waals surface area contributed by atoms with Crippen molar-refractivity contribution in [1.82, 2.24) is 4.90 Å². The molecule has 36 heavy (non-hydrogen) atoms. The van der Waals surface area contributed by atoms with Crippen LogP contribution in [-0.4, -0.2) is 30.6 Å². The van der Waals surface area contributed by atoms with Gasteiger partial charge in [-0.2, -0.15) is 0 Å². The number of carbonyl (C=O) groups is 1. The second-order valence-electron chi connectivity index (χ2n) is 10.9. The minimum Gasteiger partial charge on any atom is -0.489 e. The summed E-state index contributed by atoms with van der Waals surface area (Å²) in [6.07, 6.45) is 8.60. The fourth-order valence-corrected chi connectivity index (χ4v) is 6.02. The number of carbonyl (C=O) groups excluding carboxylic acids is 1. The van der Waals surface area contributed by atoms with Crippen LogP contribution in [0, 0.1) is 17.8 Å². The molecule has 2 aromatic rings. The second kappa shape index (κ2) is 12.9. The van der Waals surface area contributed by atoms with Gasteiger partial charge in [-0.3, -0.25) is 4.79 Å². The van der Waals surface area contributed by atoms with Gasteiger partial charge in [0, 0.05) is 25.4 Å². The average Bonchev–Trinajstić information content (AvgIpc) is 3.13. The predicted molar refractivity (Wildman–Crippen MR) is 147 cm³/mol. The molecule has 2 aliphatic rings. The third-order valence-electron chi connectivity index (χ3n) is 7.65. The third-order valence-corrected chi connectivity index (χ3v) is 7.93. The first-order valence-electron chi connectivity index (χ1n) is 13.9. The molecule has 4 nitrogen and oxygen atoms in total. The number of hydrogen-bond acceptors (Lipinski definition) is 3. The summed E-state index contributed by atoms with van der Waals surface area (Å²) < 4.78 is 11.7. The van der Waals surface area contributed by atoms with Gasteiger partial charge in [-0.05, 0) is 85.6 Å². The van der Waals surface area contributed by atoms with Crippen LogP contribution in [0.1, 0.15) is 76.0 Å². The molecule has 0 bridgehead atoms. The number of nitrogens with zero attached hydrogens (tertiary/aromatic N) is 1.